The van der Waals surface area contributed by atoms with Gasteiger partial charge in [-0.3, -0.25) is 9.59 Å². The van der Waals surface area contributed by atoms with Crippen LogP contribution in [0, 0.1) is 13.8 Å². The highest BCUT2D eigenvalue weighted by molar-refractivity contribution is 5.75. The van der Waals surface area contributed by atoms with Crippen molar-refractivity contribution in [1.82, 2.24) is 20.6 Å². The van der Waals surface area contributed by atoms with Gasteiger partial charge in [0.25, 0.3) is 0 Å². The van der Waals surface area contributed by atoms with Crippen LogP contribution in [0.2, 0.25) is 0 Å². The number of anilines is 1. The lowest BCUT2D eigenvalue weighted by Gasteiger charge is -2.07. The third-order valence-corrected chi connectivity index (χ3v) is 2.75. The standard InChI is InChI=1S/C14H23N5O2/c1-11-9-12(2)19-14(18-11)17-7-3-5-13(21)16-8-4-6-15-10-20/h9-10H,3-8H2,1-2H3,(H,15,20)(H,16,21)(H,17,18,19). The normalized spacial score (nSPS) is 10.0. The molecule has 21 heavy (non-hydrogen) atoms. The zero-order valence-corrected chi connectivity index (χ0v) is 12.6. The second-order valence-corrected chi connectivity index (χ2v) is 4.78. The fourth-order valence-corrected chi connectivity index (χ4v) is 1.82. The van der Waals surface area contributed by atoms with E-state index < -0.39 is 0 Å². The van der Waals surface area contributed by atoms with E-state index in [1.807, 2.05) is 19.9 Å². The number of nitrogens with zero attached hydrogens (tertiary/aromatic N) is 2. The molecular weight excluding hydrogens is 270 g/mol. The third-order valence-electron chi connectivity index (χ3n) is 2.75. The molecule has 0 fully saturated rings. The largest absolute Gasteiger partial charge is 0.359 e. The molecule has 0 atom stereocenters. The average Bonchev–Trinajstić information content (AvgIpc) is 2.42. The van der Waals surface area contributed by atoms with E-state index in [-0.39, 0.29) is 5.91 Å². The summed E-state index contributed by atoms with van der Waals surface area (Å²) in [5.41, 5.74) is 1.85. The van der Waals surface area contributed by atoms with E-state index in [4.69, 9.17) is 0 Å². The summed E-state index contributed by atoms with van der Waals surface area (Å²) in [4.78, 5) is 30.1. The first kappa shape index (κ1) is 16.9. The van der Waals surface area contributed by atoms with Crippen molar-refractivity contribution in [3.05, 3.63) is 17.5 Å². The zero-order valence-electron chi connectivity index (χ0n) is 12.6. The van der Waals surface area contributed by atoms with Crippen LogP contribution in [-0.4, -0.2) is 41.9 Å². The van der Waals surface area contributed by atoms with Gasteiger partial charge in [-0.1, -0.05) is 0 Å². The molecule has 1 aromatic rings. The zero-order chi connectivity index (χ0) is 15.5. The molecule has 0 aromatic carbocycles. The van der Waals surface area contributed by atoms with Gasteiger partial charge in [-0.15, -0.1) is 0 Å². The van der Waals surface area contributed by atoms with E-state index >= 15 is 0 Å². The Morgan fingerprint density at radius 3 is 2.52 bits per heavy atom. The van der Waals surface area contributed by atoms with Crippen molar-refractivity contribution in [1.29, 1.82) is 0 Å². The number of hydrogen-bond acceptors (Lipinski definition) is 5. The topological polar surface area (TPSA) is 96.0 Å². The van der Waals surface area contributed by atoms with Gasteiger partial charge in [0, 0.05) is 37.4 Å². The van der Waals surface area contributed by atoms with Gasteiger partial charge in [0.2, 0.25) is 18.3 Å². The van der Waals surface area contributed by atoms with Crippen LogP contribution in [-0.2, 0) is 9.59 Å². The fraction of sp³-hybridized carbons (Fsp3) is 0.571. The van der Waals surface area contributed by atoms with Crippen molar-refractivity contribution in [3.8, 4) is 0 Å². The number of aryl methyl sites for hydroxylation is 2. The molecule has 0 bridgehead atoms. The number of aromatic nitrogens is 2. The van der Waals surface area contributed by atoms with Crippen LogP contribution in [0.5, 0.6) is 0 Å². The molecule has 2 amide bonds. The average molecular weight is 293 g/mol. The Hall–Kier alpha value is -2.18. The maximum atomic E-state index is 11.5. The van der Waals surface area contributed by atoms with Crippen LogP contribution in [0.15, 0.2) is 6.07 Å². The maximum absolute atomic E-state index is 11.5. The first-order valence-corrected chi connectivity index (χ1v) is 7.11. The Bertz CT molecular complexity index is 444. The third kappa shape index (κ3) is 7.86. The van der Waals surface area contributed by atoms with Crippen LogP contribution in [0.1, 0.15) is 30.7 Å². The van der Waals surface area contributed by atoms with Crippen LogP contribution in [0.4, 0.5) is 5.95 Å². The highest BCUT2D eigenvalue weighted by atomic mass is 16.1. The number of carbonyl (C=O) groups is 2. The Balaban J connectivity index is 2.10. The minimum absolute atomic E-state index is 0.0178. The van der Waals surface area contributed by atoms with Gasteiger partial charge in [-0.05, 0) is 32.8 Å². The van der Waals surface area contributed by atoms with Gasteiger partial charge in [-0.2, -0.15) is 0 Å². The quantitative estimate of drug-likeness (QED) is 0.432. The highest BCUT2D eigenvalue weighted by Gasteiger charge is 2.02. The van der Waals surface area contributed by atoms with Gasteiger partial charge in [0.05, 0.1) is 0 Å². The van der Waals surface area contributed by atoms with Gasteiger partial charge >= 0.3 is 0 Å². The minimum Gasteiger partial charge on any atom is -0.359 e. The molecule has 1 heterocycles. The predicted octanol–water partition coefficient (Wildman–Crippen LogP) is 0.538. The van der Waals surface area contributed by atoms with E-state index in [0.29, 0.717) is 38.4 Å². The van der Waals surface area contributed by atoms with E-state index in [2.05, 4.69) is 25.9 Å². The molecule has 7 nitrogen and oxygen atoms in total. The summed E-state index contributed by atoms with van der Waals surface area (Å²) >= 11 is 0. The van der Waals surface area contributed by atoms with E-state index in [1.54, 1.807) is 0 Å². The van der Waals surface area contributed by atoms with Crippen molar-refractivity contribution in [2.75, 3.05) is 25.0 Å². The summed E-state index contributed by atoms with van der Waals surface area (Å²) in [6.07, 6.45) is 2.56. The first-order chi connectivity index (χ1) is 10.1. The van der Waals surface area contributed by atoms with Crippen molar-refractivity contribution < 1.29 is 9.59 Å². The van der Waals surface area contributed by atoms with Crippen LogP contribution < -0.4 is 16.0 Å². The predicted molar refractivity (Wildman–Crippen MR) is 80.9 cm³/mol. The maximum Gasteiger partial charge on any atom is 0.223 e. The number of carbonyl (C=O) groups excluding carboxylic acids is 2. The van der Waals surface area contributed by atoms with Gasteiger partial charge < -0.3 is 16.0 Å². The number of amides is 2. The molecule has 0 aliphatic rings. The SMILES string of the molecule is Cc1cc(C)nc(NCCCC(=O)NCCCNC=O)n1. The van der Waals surface area contributed by atoms with Gasteiger partial charge in [0.15, 0.2) is 0 Å². The van der Waals surface area contributed by atoms with Crippen molar-refractivity contribution in [3.63, 3.8) is 0 Å². The smallest absolute Gasteiger partial charge is 0.223 e. The molecule has 1 aromatic heterocycles. The van der Waals surface area contributed by atoms with Crippen LogP contribution in [0.3, 0.4) is 0 Å². The first-order valence-electron chi connectivity index (χ1n) is 7.11. The second-order valence-electron chi connectivity index (χ2n) is 4.78. The molecular formula is C14H23N5O2. The number of rotatable bonds is 10. The molecule has 3 N–H and O–H groups in total. The molecule has 0 radical (unpaired) electrons. The Morgan fingerprint density at radius 1 is 1.14 bits per heavy atom. The summed E-state index contributed by atoms with van der Waals surface area (Å²) in [6, 6.07) is 1.91. The molecule has 0 saturated carbocycles. The number of nitrogens with one attached hydrogen (secondary N) is 3. The summed E-state index contributed by atoms with van der Waals surface area (Å²) < 4.78 is 0. The molecule has 0 unspecified atom stereocenters. The van der Waals surface area contributed by atoms with Gasteiger partial charge in [-0.25, -0.2) is 9.97 Å². The van der Waals surface area contributed by atoms with E-state index in [9.17, 15) is 9.59 Å². The minimum atomic E-state index is 0.0178. The fourth-order valence-electron chi connectivity index (χ4n) is 1.82. The molecule has 1 rings (SSSR count). The Morgan fingerprint density at radius 2 is 1.86 bits per heavy atom. The molecule has 0 saturated heterocycles. The summed E-state index contributed by atoms with van der Waals surface area (Å²) in [6.45, 7) is 5.66. The summed E-state index contributed by atoms with van der Waals surface area (Å²) in [5.74, 6) is 0.622. The Labute approximate surface area is 124 Å². The lowest BCUT2D eigenvalue weighted by atomic mass is 10.3. The molecule has 0 aliphatic heterocycles. The molecule has 7 heteroatoms. The van der Waals surface area contributed by atoms with E-state index in [1.165, 1.54) is 0 Å². The molecule has 0 spiro atoms. The second kappa shape index (κ2) is 9.68. The summed E-state index contributed by atoms with van der Waals surface area (Å²) in [7, 11) is 0. The van der Waals surface area contributed by atoms with Crippen molar-refractivity contribution >= 4 is 18.3 Å². The van der Waals surface area contributed by atoms with Crippen LogP contribution in [0.25, 0.3) is 0 Å². The molecule has 0 aliphatic carbocycles. The van der Waals surface area contributed by atoms with Gasteiger partial charge in [0.1, 0.15) is 0 Å². The lowest BCUT2D eigenvalue weighted by molar-refractivity contribution is -0.121. The number of hydrogen-bond donors (Lipinski definition) is 3. The van der Waals surface area contributed by atoms with E-state index in [0.717, 1.165) is 24.2 Å². The summed E-state index contributed by atoms with van der Waals surface area (Å²) in [5, 5.41) is 8.46. The van der Waals surface area contributed by atoms with Crippen molar-refractivity contribution in [2.45, 2.75) is 33.1 Å². The Kier molecular flexibility index (Phi) is 7.78. The molecule has 116 valence electrons. The van der Waals surface area contributed by atoms with Crippen LogP contribution >= 0.6 is 0 Å². The lowest BCUT2D eigenvalue weighted by Crippen LogP contribution is -2.27. The highest BCUT2D eigenvalue weighted by Crippen LogP contribution is 2.03. The van der Waals surface area contributed by atoms with Crippen molar-refractivity contribution in [2.24, 2.45) is 0 Å². The monoisotopic (exact) mass is 293 g/mol.